The molecular formula is C24H23F4N7O2. The molecule has 4 rings (SSSR count). The van der Waals surface area contributed by atoms with Crippen LogP contribution in [0.4, 0.5) is 46.4 Å². The Morgan fingerprint density at radius 2 is 1.86 bits per heavy atom. The number of ketones is 1. The molecule has 1 N–H and O–H groups in total. The molecule has 3 heterocycles. The van der Waals surface area contributed by atoms with Crippen molar-refractivity contribution >= 4 is 40.8 Å². The second-order valence-electron chi connectivity index (χ2n) is 8.28. The van der Waals surface area contributed by atoms with Gasteiger partial charge in [0.25, 0.3) is 5.95 Å². The number of benzene rings is 1. The van der Waals surface area contributed by atoms with Crippen LogP contribution < -0.4 is 15.1 Å². The molecule has 0 spiro atoms. The average Bonchev–Trinajstić information content (AvgIpc) is 2.88. The Balaban J connectivity index is 1.46. The van der Waals surface area contributed by atoms with Gasteiger partial charge in [0.1, 0.15) is 5.69 Å². The number of ether oxygens (including phenoxy) is 1. The Bertz CT molecular complexity index is 1290. The minimum Gasteiger partial charge on any atom is -0.378 e. The molecule has 13 heteroatoms. The van der Waals surface area contributed by atoms with E-state index >= 15 is 0 Å². The van der Waals surface area contributed by atoms with Gasteiger partial charge in [0.2, 0.25) is 5.78 Å². The molecule has 3 aromatic rings. The predicted octanol–water partition coefficient (Wildman–Crippen LogP) is 4.26. The summed E-state index contributed by atoms with van der Waals surface area (Å²) in [6, 6.07) is 6.52. The van der Waals surface area contributed by atoms with Crippen molar-refractivity contribution < 1.29 is 27.1 Å². The zero-order valence-electron chi connectivity index (χ0n) is 20.0. The van der Waals surface area contributed by atoms with E-state index in [2.05, 4.69) is 25.3 Å². The molecule has 0 atom stereocenters. The van der Waals surface area contributed by atoms with Crippen LogP contribution >= 0.6 is 0 Å². The lowest BCUT2D eigenvalue weighted by molar-refractivity contribution is -0.137. The topological polar surface area (TPSA) is 95.8 Å². The maximum atomic E-state index is 14.2. The van der Waals surface area contributed by atoms with Crippen LogP contribution in [0.5, 0.6) is 0 Å². The van der Waals surface area contributed by atoms with Crippen LogP contribution in [0.3, 0.4) is 0 Å². The Morgan fingerprint density at radius 3 is 2.51 bits per heavy atom. The van der Waals surface area contributed by atoms with Gasteiger partial charge in [-0.15, -0.1) is 0 Å². The number of pyridine rings is 1. The highest BCUT2D eigenvalue weighted by atomic mass is 19.4. The van der Waals surface area contributed by atoms with Crippen LogP contribution in [-0.2, 0) is 10.9 Å². The van der Waals surface area contributed by atoms with Crippen molar-refractivity contribution in [3.63, 3.8) is 0 Å². The summed E-state index contributed by atoms with van der Waals surface area (Å²) in [4.78, 5) is 31.7. The summed E-state index contributed by atoms with van der Waals surface area (Å²) in [5.74, 6) is -1.16. The van der Waals surface area contributed by atoms with E-state index in [-0.39, 0.29) is 23.1 Å². The van der Waals surface area contributed by atoms with Gasteiger partial charge in [-0.2, -0.15) is 18.2 Å². The fourth-order valence-electron chi connectivity index (χ4n) is 3.48. The second kappa shape index (κ2) is 10.9. The van der Waals surface area contributed by atoms with E-state index in [1.807, 2.05) is 0 Å². The van der Waals surface area contributed by atoms with Crippen LogP contribution in [0.1, 0.15) is 16.1 Å². The first-order valence-corrected chi connectivity index (χ1v) is 11.2. The number of carbonyl (C=O) groups excluding carboxylic acids is 1. The summed E-state index contributed by atoms with van der Waals surface area (Å²) in [5, 5.41) is 2.88. The Kier molecular flexibility index (Phi) is 7.62. The lowest BCUT2D eigenvalue weighted by Crippen LogP contribution is -2.37. The zero-order chi connectivity index (χ0) is 26.6. The fourth-order valence-corrected chi connectivity index (χ4v) is 3.48. The van der Waals surface area contributed by atoms with Crippen LogP contribution in [0.25, 0.3) is 0 Å². The molecule has 1 fully saturated rings. The van der Waals surface area contributed by atoms with Crippen molar-refractivity contribution in [3.8, 4) is 0 Å². The van der Waals surface area contributed by atoms with Gasteiger partial charge in [-0.3, -0.25) is 9.78 Å². The monoisotopic (exact) mass is 517 g/mol. The standard InChI is InChI=1S/C24H23F4N7O2/c1-34(2)18-10-15(24(26,27)28)9-17(11-18)32-16-3-4-20(29-12-16)21(36)14-31-23-30-13-19(25)22(33-23)35-5-7-37-8-6-35/h3-4,9-14,32H,5-8H2,1-2H3. The van der Waals surface area contributed by atoms with Crippen molar-refractivity contribution in [3.05, 3.63) is 59.8 Å². The maximum absolute atomic E-state index is 14.2. The molecule has 1 aromatic carbocycles. The van der Waals surface area contributed by atoms with Crippen LogP contribution in [0.15, 0.2) is 47.7 Å². The van der Waals surface area contributed by atoms with Crippen molar-refractivity contribution in [1.29, 1.82) is 0 Å². The molecule has 194 valence electrons. The minimum atomic E-state index is -4.51. The van der Waals surface area contributed by atoms with Gasteiger partial charge in [-0.1, -0.05) is 0 Å². The Morgan fingerprint density at radius 1 is 1.11 bits per heavy atom. The number of anilines is 4. The highest BCUT2D eigenvalue weighted by molar-refractivity contribution is 6.35. The smallest absolute Gasteiger partial charge is 0.378 e. The molecule has 9 nitrogen and oxygen atoms in total. The van der Waals surface area contributed by atoms with Crippen LogP contribution in [0.2, 0.25) is 0 Å². The maximum Gasteiger partial charge on any atom is 0.416 e. The molecule has 37 heavy (non-hydrogen) atoms. The Hall–Kier alpha value is -4.13. The number of halogens is 4. The number of aliphatic imine (C=N–C) groups is 1. The number of hydrogen-bond acceptors (Lipinski definition) is 9. The summed E-state index contributed by atoms with van der Waals surface area (Å²) in [7, 11) is 3.28. The number of aromatic nitrogens is 3. The summed E-state index contributed by atoms with van der Waals surface area (Å²) >= 11 is 0. The van der Waals surface area contributed by atoms with Crippen molar-refractivity contribution in [2.24, 2.45) is 4.99 Å². The normalized spacial score (nSPS) is 14.2. The van der Waals surface area contributed by atoms with Gasteiger partial charge in [-0.25, -0.2) is 14.4 Å². The number of nitrogens with one attached hydrogen (secondary N) is 1. The highest BCUT2D eigenvalue weighted by Gasteiger charge is 2.31. The third kappa shape index (κ3) is 6.55. The van der Waals surface area contributed by atoms with E-state index in [4.69, 9.17) is 4.74 Å². The zero-order valence-corrected chi connectivity index (χ0v) is 20.0. The van der Waals surface area contributed by atoms with E-state index in [1.165, 1.54) is 18.3 Å². The molecule has 1 aliphatic rings. The number of nitrogens with zero attached hydrogens (tertiary/aromatic N) is 6. The number of morpholine rings is 1. The van der Waals surface area contributed by atoms with Crippen molar-refractivity contribution in [2.45, 2.75) is 6.18 Å². The summed E-state index contributed by atoms with van der Waals surface area (Å²) in [6.45, 7) is 1.83. The number of Topliss-reactive ketones (excluding diaryl/α,β-unsaturated/α-hetero) is 1. The lowest BCUT2D eigenvalue weighted by Gasteiger charge is -2.27. The molecule has 0 aliphatic carbocycles. The third-order valence-corrected chi connectivity index (χ3v) is 5.39. The fraction of sp³-hybridized carbons (Fsp3) is 0.292. The first-order valence-electron chi connectivity index (χ1n) is 11.2. The molecule has 0 amide bonds. The summed E-state index contributed by atoms with van der Waals surface area (Å²) < 4.78 is 59.2. The van der Waals surface area contributed by atoms with Gasteiger partial charge < -0.3 is 19.9 Å². The predicted molar refractivity (Wildman–Crippen MR) is 131 cm³/mol. The minimum absolute atomic E-state index is 0.0443. The van der Waals surface area contributed by atoms with Gasteiger partial charge >= 0.3 is 6.18 Å². The Labute approximate surface area is 209 Å². The van der Waals surface area contributed by atoms with Gasteiger partial charge in [0.05, 0.1) is 43.1 Å². The van der Waals surface area contributed by atoms with Gasteiger partial charge in [0.15, 0.2) is 11.6 Å². The summed E-state index contributed by atoms with van der Waals surface area (Å²) in [5.41, 5.74) is 0.216. The molecule has 0 radical (unpaired) electrons. The first kappa shape index (κ1) is 25.9. The molecule has 2 aromatic heterocycles. The molecule has 1 saturated heterocycles. The largest absolute Gasteiger partial charge is 0.416 e. The van der Waals surface area contributed by atoms with E-state index in [9.17, 15) is 22.4 Å². The van der Waals surface area contributed by atoms with E-state index in [0.29, 0.717) is 37.7 Å². The quantitative estimate of drug-likeness (QED) is 0.282. The van der Waals surface area contributed by atoms with Crippen molar-refractivity contribution in [1.82, 2.24) is 15.0 Å². The summed E-state index contributed by atoms with van der Waals surface area (Å²) in [6.07, 6.45) is -1.22. The number of rotatable bonds is 7. The van der Waals surface area contributed by atoms with E-state index in [1.54, 1.807) is 30.0 Å². The average molecular weight is 517 g/mol. The van der Waals surface area contributed by atoms with Crippen LogP contribution in [-0.4, -0.2) is 67.3 Å². The van der Waals surface area contributed by atoms with E-state index < -0.39 is 23.3 Å². The SMILES string of the molecule is CN(C)c1cc(Nc2ccc(C(=O)C=Nc3ncc(F)c(N4CCOCC4)n3)nc2)cc(C(F)(F)F)c1. The molecule has 0 saturated carbocycles. The molecule has 0 unspecified atom stereocenters. The second-order valence-corrected chi connectivity index (χ2v) is 8.28. The number of hydrogen-bond donors (Lipinski definition) is 1. The lowest BCUT2D eigenvalue weighted by atomic mass is 10.1. The third-order valence-electron chi connectivity index (χ3n) is 5.39. The number of carbonyl (C=O) groups is 1. The molecule has 1 aliphatic heterocycles. The van der Waals surface area contributed by atoms with Gasteiger partial charge in [-0.05, 0) is 30.3 Å². The highest BCUT2D eigenvalue weighted by Crippen LogP contribution is 2.35. The number of alkyl halides is 3. The first-order chi connectivity index (χ1) is 17.6. The molecule has 0 bridgehead atoms. The van der Waals surface area contributed by atoms with Crippen molar-refractivity contribution in [2.75, 3.05) is 55.5 Å². The van der Waals surface area contributed by atoms with E-state index in [0.717, 1.165) is 24.5 Å². The van der Waals surface area contributed by atoms with Gasteiger partial charge in [0, 0.05) is 38.6 Å². The molecular weight excluding hydrogens is 494 g/mol. The van der Waals surface area contributed by atoms with Crippen LogP contribution in [0, 0.1) is 5.82 Å².